The van der Waals surface area contributed by atoms with Gasteiger partial charge in [-0.2, -0.15) is 18.2 Å². The average molecular weight is 695 g/mol. The first-order chi connectivity index (χ1) is 24.6. The van der Waals surface area contributed by atoms with E-state index in [1.165, 1.54) is 30.0 Å². The standard InChI is InChI=1S/C36H29F3N8O4/c1-45-17-26(36(37,38)39)43-31(45)22-9-7-20(8-10-22)18-51-33-29-25(42-30(44-33)27-28(21-11-12-21)40-19-41-32(27)50-2)13-14-46(29)15-16-47-34(48)23-5-3-4-6-24(23)35(47)49/h3-10,13-14,17,19,21H,11-12,15-16,18H2,1-2H3. The van der Waals surface area contributed by atoms with Crippen molar-refractivity contribution in [3.63, 3.8) is 0 Å². The number of imide groups is 1. The van der Waals surface area contributed by atoms with Gasteiger partial charge in [0.1, 0.15) is 29.8 Å². The van der Waals surface area contributed by atoms with Gasteiger partial charge in [-0.05, 0) is 36.6 Å². The Morgan fingerprint density at radius 2 is 1.61 bits per heavy atom. The molecule has 0 unspecified atom stereocenters. The summed E-state index contributed by atoms with van der Waals surface area (Å²) >= 11 is 0. The van der Waals surface area contributed by atoms with Gasteiger partial charge in [0.15, 0.2) is 11.5 Å². The van der Waals surface area contributed by atoms with Crippen LogP contribution in [-0.4, -0.2) is 64.4 Å². The maximum atomic E-state index is 13.2. The highest BCUT2D eigenvalue weighted by atomic mass is 19.4. The first-order valence-corrected chi connectivity index (χ1v) is 16.1. The van der Waals surface area contributed by atoms with Gasteiger partial charge in [0, 0.05) is 44.0 Å². The van der Waals surface area contributed by atoms with Crippen LogP contribution in [-0.2, 0) is 26.4 Å². The van der Waals surface area contributed by atoms with Crippen LogP contribution in [0.15, 0.2) is 73.3 Å². The van der Waals surface area contributed by atoms with E-state index in [1.807, 2.05) is 4.57 Å². The molecule has 1 fully saturated rings. The van der Waals surface area contributed by atoms with E-state index in [4.69, 9.17) is 19.4 Å². The van der Waals surface area contributed by atoms with Crippen molar-refractivity contribution in [2.75, 3.05) is 13.7 Å². The molecule has 0 radical (unpaired) electrons. The number of ether oxygens (including phenoxy) is 2. The zero-order chi connectivity index (χ0) is 35.4. The third-order valence-corrected chi connectivity index (χ3v) is 9.00. The molecule has 0 N–H and O–H groups in total. The molecule has 0 saturated heterocycles. The minimum atomic E-state index is -4.55. The van der Waals surface area contributed by atoms with Crippen LogP contribution >= 0.6 is 0 Å². The van der Waals surface area contributed by atoms with Crippen molar-refractivity contribution in [2.45, 2.75) is 38.1 Å². The van der Waals surface area contributed by atoms with E-state index in [1.54, 1.807) is 60.8 Å². The van der Waals surface area contributed by atoms with Gasteiger partial charge in [-0.3, -0.25) is 14.5 Å². The molecule has 258 valence electrons. The van der Waals surface area contributed by atoms with E-state index in [9.17, 15) is 22.8 Å². The van der Waals surface area contributed by atoms with E-state index < -0.39 is 11.9 Å². The Kier molecular flexibility index (Phi) is 7.76. The molecule has 2 aliphatic rings. The predicted molar refractivity (Wildman–Crippen MR) is 177 cm³/mol. The monoisotopic (exact) mass is 694 g/mol. The molecule has 0 spiro atoms. The molecule has 8 rings (SSSR count). The number of hydrogen-bond donors (Lipinski definition) is 0. The Labute approximate surface area is 288 Å². The number of rotatable bonds is 10. The molecule has 6 aromatic rings. The molecule has 0 atom stereocenters. The largest absolute Gasteiger partial charge is 0.480 e. The lowest BCUT2D eigenvalue weighted by atomic mass is 10.1. The molecular weight excluding hydrogens is 665 g/mol. The fourth-order valence-corrected chi connectivity index (χ4v) is 6.31. The lowest BCUT2D eigenvalue weighted by Gasteiger charge is -2.17. The normalized spacial score (nSPS) is 14.4. The quantitative estimate of drug-likeness (QED) is 0.157. The van der Waals surface area contributed by atoms with Crippen LogP contribution in [0.25, 0.3) is 33.8 Å². The highest BCUT2D eigenvalue weighted by Gasteiger charge is 2.36. The van der Waals surface area contributed by atoms with Crippen molar-refractivity contribution >= 4 is 22.8 Å². The summed E-state index contributed by atoms with van der Waals surface area (Å²) < 4.78 is 54.9. The van der Waals surface area contributed by atoms with E-state index in [0.717, 1.165) is 30.3 Å². The molecule has 12 nitrogen and oxygen atoms in total. The molecule has 2 amide bonds. The average Bonchev–Trinajstić information content (AvgIpc) is 3.71. The van der Waals surface area contributed by atoms with Crippen molar-refractivity contribution < 1.29 is 32.2 Å². The van der Waals surface area contributed by atoms with Crippen molar-refractivity contribution in [3.05, 3.63) is 101 Å². The summed E-state index contributed by atoms with van der Waals surface area (Å²) in [4.78, 5) is 49.7. The second-order valence-electron chi connectivity index (χ2n) is 12.4. The molecule has 1 aliphatic heterocycles. The van der Waals surface area contributed by atoms with Crippen LogP contribution in [0.1, 0.15) is 56.4 Å². The Morgan fingerprint density at radius 1 is 0.882 bits per heavy atom. The minimum absolute atomic E-state index is 0.0572. The number of carbonyl (C=O) groups excluding carboxylic acids is 2. The van der Waals surface area contributed by atoms with Gasteiger partial charge in [-0.25, -0.2) is 19.9 Å². The number of nitrogens with zero attached hydrogens (tertiary/aromatic N) is 8. The summed E-state index contributed by atoms with van der Waals surface area (Å²) in [5.74, 6) is 0.593. The molecule has 4 aromatic heterocycles. The Balaban J connectivity index is 1.12. The Hall–Kier alpha value is -6.12. The number of alkyl halides is 3. The molecule has 1 aliphatic carbocycles. The van der Waals surface area contributed by atoms with E-state index in [2.05, 4.69) is 15.0 Å². The second-order valence-corrected chi connectivity index (χ2v) is 12.4. The van der Waals surface area contributed by atoms with Crippen molar-refractivity contribution in [2.24, 2.45) is 7.05 Å². The Morgan fingerprint density at radius 3 is 2.25 bits per heavy atom. The summed E-state index contributed by atoms with van der Waals surface area (Å²) in [7, 11) is 3.03. The van der Waals surface area contributed by atoms with E-state index in [0.29, 0.717) is 45.0 Å². The number of benzene rings is 2. The molecule has 0 bridgehead atoms. The van der Waals surface area contributed by atoms with Crippen molar-refractivity contribution in [1.82, 2.24) is 39.0 Å². The number of aryl methyl sites for hydroxylation is 1. The van der Waals surface area contributed by atoms with Crippen molar-refractivity contribution in [1.29, 1.82) is 0 Å². The Bertz CT molecular complexity index is 2290. The number of aromatic nitrogens is 7. The summed E-state index contributed by atoms with van der Waals surface area (Å²) in [5, 5.41) is 0. The smallest absolute Gasteiger partial charge is 0.434 e. The highest BCUT2D eigenvalue weighted by Crippen LogP contribution is 2.45. The zero-order valence-corrected chi connectivity index (χ0v) is 27.4. The van der Waals surface area contributed by atoms with Crippen LogP contribution in [0.2, 0.25) is 0 Å². The number of amides is 2. The molecular formula is C36H29F3N8O4. The lowest BCUT2D eigenvalue weighted by Crippen LogP contribution is -2.32. The number of methoxy groups -OCH3 is 1. The third kappa shape index (κ3) is 5.83. The summed E-state index contributed by atoms with van der Waals surface area (Å²) in [5.41, 5.74) is 3.47. The van der Waals surface area contributed by atoms with Gasteiger partial charge in [0.25, 0.3) is 11.8 Å². The second kappa shape index (κ2) is 12.3. The van der Waals surface area contributed by atoms with Gasteiger partial charge in [0.05, 0.1) is 29.4 Å². The number of hydrogen-bond acceptors (Lipinski definition) is 9. The number of halogens is 3. The van der Waals surface area contributed by atoms with Crippen LogP contribution in [0.4, 0.5) is 13.2 Å². The maximum Gasteiger partial charge on any atom is 0.434 e. The van der Waals surface area contributed by atoms with Gasteiger partial charge < -0.3 is 18.6 Å². The molecule has 15 heteroatoms. The van der Waals surface area contributed by atoms with Gasteiger partial charge >= 0.3 is 6.18 Å². The predicted octanol–water partition coefficient (Wildman–Crippen LogP) is 6.07. The molecule has 5 heterocycles. The molecule has 1 saturated carbocycles. The maximum absolute atomic E-state index is 13.2. The summed E-state index contributed by atoms with van der Waals surface area (Å²) in [6, 6.07) is 15.4. The highest BCUT2D eigenvalue weighted by molar-refractivity contribution is 6.21. The van der Waals surface area contributed by atoms with Gasteiger partial charge in [-0.15, -0.1) is 0 Å². The first-order valence-electron chi connectivity index (χ1n) is 16.1. The molecule has 51 heavy (non-hydrogen) atoms. The van der Waals surface area contributed by atoms with Gasteiger partial charge in [0.2, 0.25) is 11.8 Å². The number of fused-ring (bicyclic) bond motifs is 2. The number of imidazole rings is 1. The SMILES string of the molecule is COc1ncnc(C2CC2)c1-c1nc(OCc2ccc(-c3nc(C(F)(F)F)cn3C)cc2)c2c(ccn2CCN2C(=O)c3ccccc3C2=O)n1. The third-order valence-electron chi connectivity index (χ3n) is 9.00. The fourth-order valence-electron chi connectivity index (χ4n) is 6.31. The van der Waals surface area contributed by atoms with Crippen LogP contribution in [0.5, 0.6) is 11.8 Å². The first kappa shape index (κ1) is 32.1. The van der Waals surface area contributed by atoms with E-state index >= 15 is 0 Å². The number of carbonyl (C=O) groups is 2. The van der Waals surface area contributed by atoms with Crippen LogP contribution < -0.4 is 9.47 Å². The topological polar surface area (TPSA) is 130 Å². The fraction of sp³-hybridized carbons (Fsp3) is 0.250. The zero-order valence-electron chi connectivity index (χ0n) is 27.4. The van der Waals surface area contributed by atoms with Gasteiger partial charge in [-0.1, -0.05) is 36.4 Å². The van der Waals surface area contributed by atoms with Crippen LogP contribution in [0, 0.1) is 0 Å². The summed E-state index contributed by atoms with van der Waals surface area (Å²) in [6.45, 7) is 0.410. The van der Waals surface area contributed by atoms with Crippen molar-refractivity contribution in [3.8, 4) is 34.5 Å². The summed E-state index contributed by atoms with van der Waals surface area (Å²) in [6.07, 6.45) is 1.60. The lowest BCUT2D eigenvalue weighted by molar-refractivity contribution is -0.140. The molecule has 2 aromatic carbocycles. The van der Waals surface area contributed by atoms with E-state index in [-0.39, 0.29) is 49.1 Å². The van der Waals surface area contributed by atoms with Crippen LogP contribution in [0.3, 0.4) is 0 Å². The minimum Gasteiger partial charge on any atom is -0.480 e.